The third-order valence-corrected chi connectivity index (χ3v) is 10.8. The summed E-state index contributed by atoms with van der Waals surface area (Å²) >= 11 is 0. The molecule has 20 heteroatoms. The second-order valence-corrected chi connectivity index (χ2v) is 17.2. The van der Waals surface area contributed by atoms with Gasteiger partial charge in [0.2, 0.25) is 0 Å². The lowest BCUT2D eigenvalue weighted by Gasteiger charge is -2.09. The molecule has 0 aromatic heterocycles. The van der Waals surface area contributed by atoms with E-state index in [4.69, 9.17) is 95.1 Å². The lowest BCUT2D eigenvalue weighted by Crippen LogP contribution is -2.16. The number of unbranched alkanes of at least 4 members (excludes halogenated alkanes) is 8. The molecule has 1 aromatic rings. The molecule has 0 saturated carbocycles. The van der Waals surface area contributed by atoms with E-state index in [0.29, 0.717) is 231 Å². The first-order chi connectivity index (χ1) is 37.9. The van der Waals surface area contributed by atoms with Crippen LogP contribution in [0.25, 0.3) is 0 Å². The van der Waals surface area contributed by atoms with Crippen molar-refractivity contribution in [3.8, 4) is 5.75 Å². The molecular weight excluding hydrogens is 993 g/mol. The van der Waals surface area contributed by atoms with Gasteiger partial charge in [0.15, 0.2) is 0 Å². The molecule has 0 aliphatic rings. The summed E-state index contributed by atoms with van der Waals surface area (Å²) in [7, 11) is 0. The minimum Gasteiger partial charge on any atom is -0.491 e. The second kappa shape index (κ2) is 65.8. The minimum absolute atomic E-state index is 0.0203. The monoisotopic (exact) mass is 1100 g/mol. The van der Waals surface area contributed by atoms with Crippen LogP contribution in [0.3, 0.4) is 0 Å². The Morgan fingerprint density at radius 3 is 0.737 bits per heavy atom. The fourth-order valence-corrected chi connectivity index (χ4v) is 6.63. The number of hydrogen-bond donors (Lipinski definition) is 1. The predicted molar refractivity (Wildman–Crippen MR) is 289 cm³/mol. The molecule has 0 bridgehead atoms. The zero-order chi connectivity index (χ0) is 54.1. The number of ether oxygens (including phenoxy) is 19. The molecule has 0 fully saturated rings. The fourth-order valence-electron chi connectivity index (χ4n) is 6.63. The highest BCUT2D eigenvalue weighted by Gasteiger charge is 2.01. The maximum atomic E-state index is 8.61. The van der Waals surface area contributed by atoms with Crippen molar-refractivity contribution in [3.63, 3.8) is 0 Å². The molecule has 0 spiro atoms. The topological polar surface area (TPSA) is 196 Å². The van der Waals surface area contributed by atoms with Crippen molar-refractivity contribution in [3.05, 3.63) is 29.8 Å². The molecule has 0 aliphatic carbocycles. The molecule has 0 aliphatic heterocycles. The van der Waals surface area contributed by atoms with E-state index in [-0.39, 0.29) is 6.61 Å². The molecule has 20 nitrogen and oxygen atoms in total. The van der Waals surface area contributed by atoms with Crippen molar-refractivity contribution in [2.45, 2.75) is 77.6 Å². The summed E-state index contributed by atoms with van der Waals surface area (Å²) in [5.74, 6) is 0.913. The van der Waals surface area contributed by atoms with E-state index in [0.717, 1.165) is 44.6 Å². The summed E-state index contributed by atoms with van der Waals surface area (Å²) in [6.45, 7) is 21.3. The first-order valence-electron chi connectivity index (χ1n) is 28.6. The molecule has 0 radical (unpaired) electrons. The predicted octanol–water partition coefficient (Wildman–Crippen LogP) is 5.82. The van der Waals surface area contributed by atoms with E-state index in [1.807, 2.05) is 0 Å². The molecule has 1 rings (SSSR count). The number of benzene rings is 1. The first-order valence-corrected chi connectivity index (χ1v) is 28.6. The Bertz CT molecular complexity index is 1190. The smallest absolute Gasteiger partial charge is 0.119 e. The highest BCUT2D eigenvalue weighted by atomic mass is 16.6. The Hall–Kier alpha value is -1.74. The van der Waals surface area contributed by atoms with Gasteiger partial charge in [-0.25, -0.2) is 0 Å². The van der Waals surface area contributed by atoms with Gasteiger partial charge in [-0.2, -0.15) is 0 Å². The summed E-state index contributed by atoms with van der Waals surface area (Å²) in [6, 6.07) is 8.54. The highest BCUT2D eigenvalue weighted by Crippen LogP contribution is 2.15. The van der Waals surface area contributed by atoms with E-state index in [1.165, 1.54) is 50.5 Å². The summed E-state index contributed by atoms with van der Waals surface area (Å²) in [4.78, 5) is 0. The van der Waals surface area contributed by atoms with Crippen molar-refractivity contribution in [2.24, 2.45) is 0 Å². The fraction of sp³-hybridized carbons (Fsp3) is 0.893. The van der Waals surface area contributed by atoms with E-state index < -0.39 is 0 Å². The molecule has 450 valence electrons. The number of aryl methyl sites for hydroxylation is 1. The van der Waals surface area contributed by atoms with Crippen molar-refractivity contribution < 1.29 is 95.1 Å². The zero-order valence-corrected chi connectivity index (χ0v) is 47.2. The van der Waals surface area contributed by atoms with Crippen LogP contribution in [0, 0.1) is 0 Å². The van der Waals surface area contributed by atoms with Crippen LogP contribution in [0.1, 0.15) is 76.7 Å². The Labute approximate surface area is 458 Å². The van der Waals surface area contributed by atoms with Crippen molar-refractivity contribution in [2.75, 3.05) is 251 Å². The summed E-state index contributed by atoms with van der Waals surface area (Å²) in [6.07, 6.45) is 13.6. The molecule has 0 atom stereocenters. The van der Waals surface area contributed by atoms with Crippen LogP contribution < -0.4 is 4.74 Å². The van der Waals surface area contributed by atoms with Gasteiger partial charge < -0.3 is 95.1 Å². The van der Waals surface area contributed by atoms with Gasteiger partial charge in [0.25, 0.3) is 0 Å². The minimum atomic E-state index is 0.0203. The van der Waals surface area contributed by atoms with Gasteiger partial charge in [-0.15, -0.1) is 0 Å². The SMILES string of the molecule is CCCCCCCCCc1ccc(OCCOCCCCCOCCOCCOCCOCCOCCOCCOCCOCCOCCOCCOCCOCCOCCOCCOCCOCCOCCO)cc1. The van der Waals surface area contributed by atoms with Gasteiger partial charge in [-0.3, -0.25) is 0 Å². The van der Waals surface area contributed by atoms with Crippen LogP contribution in [0.2, 0.25) is 0 Å². The Morgan fingerprint density at radius 1 is 0.237 bits per heavy atom. The lowest BCUT2D eigenvalue weighted by molar-refractivity contribution is -0.0308. The summed E-state index contributed by atoms with van der Waals surface area (Å²) < 4.78 is 105. The normalized spacial score (nSPS) is 11.7. The molecule has 0 saturated heterocycles. The number of aliphatic hydroxyl groups excluding tert-OH is 1. The summed E-state index contributed by atoms with van der Waals surface area (Å²) in [5.41, 5.74) is 1.39. The van der Waals surface area contributed by atoms with Crippen molar-refractivity contribution in [1.82, 2.24) is 0 Å². The average Bonchev–Trinajstić information content (AvgIpc) is 3.43. The first kappa shape index (κ1) is 72.3. The van der Waals surface area contributed by atoms with E-state index >= 15 is 0 Å². The van der Waals surface area contributed by atoms with Crippen LogP contribution in [-0.4, -0.2) is 256 Å². The van der Waals surface area contributed by atoms with E-state index in [2.05, 4.69) is 31.2 Å². The average molecular weight is 1100 g/mol. The Morgan fingerprint density at radius 2 is 0.461 bits per heavy atom. The van der Waals surface area contributed by atoms with Gasteiger partial charge >= 0.3 is 0 Å². The molecule has 1 N–H and O–H groups in total. The molecule has 76 heavy (non-hydrogen) atoms. The molecular formula is C56H106O20. The van der Waals surface area contributed by atoms with Gasteiger partial charge in [0.1, 0.15) is 12.4 Å². The van der Waals surface area contributed by atoms with Crippen LogP contribution in [0.15, 0.2) is 24.3 Å². The quantitative estimate of drug-likeness (QED) is 0.0766. The highest BCUT2D eigenvalue weighted by molar-refractivity contribution is 5.27. The third-order valence-electron chi connectivity index (χ3n) is 10.8. The Kier molecular flexibility index (Phi) is 62.6. The second-order valence-electron chi connectivity index (χ2n) is 17.2. The molecule has 1 aromatic carbocycles. The van der Waals surface area contributed by atoms with Crippen LogP contribution in [-0.2, 0) is 91.7 Å². The van der Waals surface area contributed by atoms with Crippen LogP contribution >= 0.6 is 0 Å². The Balaban J connectivity index is 1.62. The number of rotatable bonds is 68. The standard InChI is InChI=1S/C56H106O20/c1-2-3-4-5-6-7-9-12-55-13-15-56(16-14-55)76-54-53-59-19-11-8-10-18-58-21-23-61-25-27-63-29-31-65-33-35-67-37-39-69-41-43-71-45-47-73-49-51-75-52-50-74-48-46-72-44-42-70-40-38-68-36-34-66-32-30-64-28-26-62-24-22-60-20-17-57/h13-16,57H,2-12,17-54H2,1H3. The zero-order valence-electron chi connectivity index (χ0n) is 47.2. The maximum Gasteiger partial charge on any atom is 0.119 e. The summed E-state index contributed by atoms with van der Waals surface area (Å²) in [5, 5.41) is 8.61. The lowest BCUT2D eigenvalue weighted by atomic mass is 10.0. The van der Waals surface area contributed by atoms with Crippen molar-refractivity contribution in [1.29, 1.82) is 0 Å². The van der Waals surface area contributed by atoms with Gasteiger partial charge in [-0.05, 0) is 49.8 Å². The van der Waals surface area contributed by atoms with Crippen molar-refractivity contribution >= 4 is 0 Å². The van der Waals surface area contributed by atoms with E-state index in [9.17, 15) is 0 Å². The van der Waals surface area contributed by atoms with Crippen LogP contribution in [0.5, 0.6) is 5.75 Å². The molecule has 0 heterocycles. The van der Waals surface area contributed by atoms with E-state index in [1.54, 1.807) is 0 Å². The van der Waals surface area contributed by atoms with Crippen LogP contribution in [0.4, 0.5) is 0 Å². The van der Waals surface area contributed by atoms with Gasteiger partial charge in [0.05, 0.1) is 231 Å². The van der Waals surface area contributed by atoms with Gasteiger partial charge in [0, 0.05) is 13.2 Å². The molecule has 0 amide bonds. The largest absolute Gasteiger partial charge is 0.491 e. The number of hydrogen-bond acceptors (Lipinski definition) is 20. The van der Waals surface area contributed by atoms with Gasteiger partial charge in [-0.1, -0.05) is 57.6 Å². The molecule has 0 unspecified atom stereocenters. The third kappa shape index (κ3) is 59.9. The maximum absolute atomic E-state index is 8.61. The number of aliphatic hydroxyl groups is 1.